The van der Waals surface area contributed by atoms with Crippen LogP contribution < -0.4 is 0 Å². The van der Waals surface area contributed by atoms with Crippen molar-refractivity contribution < 1.29 is 80.2 Å². The molecule has 0 heterocycles. The van der Waals surface area contributed by atoms with E-state index in [9.17, 15) is 43.2 Å². The summed E-state index contributed by atoms with van der Waals surface area (Å²) in [5, 5.41) is 10.6. The van der Waals surface area contributed by atoms with E-state index in [2.05, 4.69) is 55.4 Å². The highest BCUT2D eigenvalue weighted by atomic mass is 31.2. The second-order valence-electron chi connectivity index (χ2n) is 26.6. The van der Waals surface area contributed by atoms with Gasteiger partial charge in [-0.3, -0.25) is 37.3 Å². The van der Waals surface area contributed by atoms with Crippen molar-refractivity contribution in [2.45, 2.75) is 356 Å². The molecule has 0 saturated carbocycles. The Labute approximate surface area is 537 Å². The van der Waals surface area contributed by atoms with Gasteiger partial charge in [-0.25, -0.2) is 9.13 Å². The maximum atomic E-state index is 13.0. The first-order valence-electron chi connectivity index (χ1n) is 35.7. The molecule has 0 fully saturated rings. The number of carbonyl (C=O) groups excluding carboxylic acids is 4. The molecule has 0 aromatic carbocycles. The van der Waals surface area contributed by atoms with Gasteiger partial charge in [0.05, 0.1) is 26.4 Å². The van der Waals surface area contributed by atoms with Crippen LogP contribution in [0.2, 0.25) is 0 Å². The lowest BCUT2D eigenvalue weighted by Gasteiger charge is -2.21. The van der Waals surface area contributed by atoms with E-state index in [1.54, 1.807) is 0 Å². The standard InChI is InChI=1S/C69H134O17P2/c1-9-62(8)48-40-32-27-28-34-42-50-67(72)80-56-65(86-69(74)52-44-36-25-19-15-14-17-22-30-38-46-60(4)5)58-84-88(77,78)82-54-63(70)53-81-87(75,76)83-57-64(55-79-66(71)49-41-33-26-20-23-31-39-47-61(6)7)85-68(73)51-43-35-24-18-13-11-10-12-16-21-29-37-45-59(2)3/h59-65,70H,9-58H2,1-8H3,(H,75,76)(H,77,78)/t62?,63-,64-,65-/m1/s1. The third kappa shape index (κ3) is 61.6. The molecule has 88 heavy (non-hydrogen) atoms. The highest BCUT2D eigenvalue weighted by molar-refractivity contribution is 7.47. The topological polar surface area (TPSA) is 237 Å². The molecule has 0 rings (SSSR count). The third-order valence-electron chi connectivity index (χ3n) is 16.2. The number of phosphoric acid groups is 2. The molecular formula is C69H134O17P2. The summed E-state index contributed by atoms with van der Waals surface area (Å²) in [5.41, 5.74) is 0. The minimum Gasteiger partial charge on any atom is -0.462 e. The fourth-order valence-electron chi connectivity index (χ4n) is 10.3. The molecule has 17 nitrogen and oxygen atoms in total. The minimum atomic E-state index is -4.95. The van der Waals surface area contributed by atoms with Crippen molar-refractivity contribution >= 4 is 39.5 Å². The average Bonchev–Trinajstić information content (AvgIpc) is 3.56. The second-order valence-corrected chi connectivity index (χ2v) is 29.5. The van der Waals surface area contributed by atoms with Crippen molar-refractivity contribution in [3.8, 4) is 0 Å². The number of carbonyl (C=O) groups is 4. The number of aliphatic hydroxyl groups is 1. The summed E-state index contributed by atoms with van der Waals surface area (Å²) in [6.07, 6.45) is 40.4. The van der Waals surface area contributed by atoms with Crippen LogP contribution in [-0.4, -0.2) is 96.7 Å². The van der Waals surface area contributed by atoms with Crippen molar-refractivity contribution in [1.82, 2.24) is 0 Å². The van der Waals surface area contributed by atoms with Gasteiger partial charge < -0.3 is 33.8 Å². The Morgan fingerprint density at radius 3 is 0.807 bits per heavy atom. The number of rotatable bonds is 66. The Hall–Kier alpha value is -1.94. The SMILES string of the molecule is CCC(C)CCCCCCCCC(=O)OC[C@H](COP(=O)(O)OC[C@H](O)COP(=O)(O)OC[C@@H](COC(=O)CCCCCCCCCC(C)C)OC(=O)CCCCCCCCCCCCCCC(C)C)OC(=O)CCCCCCCCCCCCC(C)C. The smallest absolute Gasteiger partial charge is 0.462 e. The largest absolute Gasteiger partial charge is 0.472 e. The van der Waals surface area contributed by atoms with Gasteiger partial charge in [0.2, 0.25) is 0 Å². The lowest BCUT2D eigenvalue weighted by Crippen LogP contribution is -2.30. The van der Waals surface area contributed by atoms with Crippen LogP contribution in [0.4, 0.5) is 0 Å². The van der Waals surface area contributed by atoms with Crippen LogP contribution in [0, 0.1) is 23.7 Å². The van der Waals surface area contributed by atoms with Crippen molar-refractivity contribution in [3.05, 3.63) is 0 Å². The summed E-state index contributed by atoms with van der Waals surface area (Å²) in [6.45, 7) is 14.0. The van der Waals surface area contributed by atoms with E-state index >= 15 is 0 Å². The van der Waals surface area contributed by atoms with Crippen LogP contribution in [0.5, 0.6) is 0 Å². The van der Waals surface area contributed by atoms with Crippen molar-refractivity contribution in [2.24, 2.45) is 23.7 Å². The molecular weight excluding hydrogens is 1160 g/mol. The number of esters is 4. The number of aliphatic hydroxyl groups excluding tert-OH is 1. The molecule has 0 radical (unpaired) electrons. The first kappa shape index (κ1) is 86.1. The molecule has 3 N–H and O–H groups in total. The molecule has 522 valence electrons. The van der Waals surface area contributed by atoms with Crippen molar-refractivity contribution in [1.29, 1.82) is 0 Å². The number of ether oxygens (including phenoxy) is 4. The van der Waals surface area contributed by atoms with Crippen LogP contribution in [0.3, 0.4) is 0 Å². The van der Waals surface area contributed by atoms with Crippen LogP contribution in [0.15, 0.2) is 0 Å². The Bertz CT molecular complexity index is 1750. The average molecular weight is 1300 g/mol. The van der Waals surface area contributed by atoms with E-state index < -0.39 is 97.5 Å². The van der Waals surface area contributed by atoms with Crippen molar-refractivity contribution in [3.63, 3.8) is 0 Å². The van der Waals surface area contributed by atoms with Gasteiger partial charge in [-0.2, -0.15) is 0 Å². The maximum absolute atomic E-state index is 13.0. The minimum absolute atomic E-state index is 0.104. The number of hydrogen-bond donors (Lipinski definition) is 3. The Balaban J connectivity index is 5.25. The Morgan fingerprint density at radius 2 is 0.545 bits per heavy atom. The fourth-order valence-corrected chi connectivity index (χ4v) is 11.9. The maximum Gasteiger partial charge on any atom is 0.472 e. The van der Waals surface area contributed by atoms with Gasteiger partial charge in [0.1, 0.15) is 19.3 Å². The normalized spacial score (nSPS) is 14.6. The zero-order valence-corrected chi connectivity index (χ0v) is 59.1. The second kappa shape index (κ2) is 58.8. The molecule has 3 unspecified atom stereocenters. The van der Waals surface area contributed by atoms with Gasteiger partial charge in [0.25, 0.3) is 0 Å². The van der Waals surface area contributed by atoms with Gasteiger partial charge in [0, 0.05) is 25.7 Å². The molecule has 0 bridgehead atoms. The van der Waals surface area contributed by atoms with Crippen LogP contribution in [-0.2, 0) is 65.4 Å². The summed E-state index contributed by atoms with van der Waals surface area (Å²) < 4.78 is 68.2. The first-order chi connectivity index (χ1) is 42.1. The summed E-state index contributed by atoms with van der Waals surface area (Å²) in [7, 11) is -9.90. The molecule has 0 aliphatic carbocycles. The highest BCUT2D eigenvalue weighted by Gasteiger charge is 2.30. The molecule has 6 atom stereocenters. The van der Waals surface area contributed by atoms with Gasteiger partial charge in [-0.1, -0.05) is 287 Å². The molecule has 0 spiro atoms. The summed E-state index contributed by atoms with van der Waals surface area (Å²) in [5.74, 6) is 0.832. The molecule has 0 saturated heterocycles. The summed E-state index contributed by atoms with van der Waals surface area (Å²) in [6, 6.07) is 0. The van der Waals surface area contributed by atoms with E-state index in [0.29, 0.717) is 31.6 Å². The van der Waals surface area contributed by atoms with Gasteiger partial charge in [-0.05, 0) is 49.4 Å². The Morgan fingerprint density at radius 1 is 0.318 bits per heavy atom. The van der Waals surface area contributed by atoms with E-state index in [0.717, 1.165) is 120 Å². The zero-order chi connectivity index (χ0) is 65.4. The zero-order valence-electron chi connectivity index (χ0n) is 57.3. The molecule has 0 amide bonds. The predicted molar refractivity (Wildman–Crippen MR) is 354 cm³/mol. The quantitative estimate of drug-likeness (QED) is 0.0222. The fraction of sp³-hybridized carbons (Fsp3) is 0.942. The molecule has 0 aromatic heterocycles. The predicted octanol–water partition coefficient (Wildman–Crippen LogP) is 19.3. The number of unbranched alkanes of at least 4 members (excludes halogenated alkanes) is 31. The molecule has 0 aromatic rings. The lowest BCUT2D eigenvalue weighted by atomic mass is 10.00. The molecule has 0 aliphatic rings. The van der Waals surface area contributed by atoms with E-state index in [1.165, 1.54) is 128 Å². The van der Waals surface area contributed by atoms with Crippen LogP contribution in [0.25, 0.3) is 0 Å². The third-order valence-corrected chi connectivity index (χ3v) is 18.1. The van der Waals surface area contributed by atoms with Crippen LogP contribution >= 0.6 is 15.6 Å². The Kier molecular flexibility index (Phi) is 57.6. The summed E-state index contributed by atoms with van der Waals surface area (Å²) >= 11 is 0. The van der Waals surface area contributed by atoms with Gasteiger partial charge >= 0.3 is 39.5 Å². The van der Waals surface area contributed by atoms with Gasteiger partial charge in [0.15, 0.2) is 12.2 Å². The lowest BCUT2D eigenvalue weighted by molar-refractivity contribution is -0.161. The number of hydrogen-bond acceptors (Lipinski definition) is 15. The highest BCUT2D eigenvalue weighted by Crippen LogP contribution is 2.45. The van der Waals surface area contributed by atoms with Crippen molar-refractivity contribution in [2.75, 3.05) is 39.6 Å². The first-order valence-corrected chi connectivity index (χ1v) is 38.7. The number of phosphoric ester groups is 2. The van der Waals surface area contributed by atoms with Crippen LogP contribution in [0.1, 0.15) is 338 Å². The van der Waals surface area contributed by atoms with Gasteiger partial charge in [-0.15, -0.1) is 0 Å². The molecule has 0 aliphatic heterocycles. The molecule has 19 heteroatoms. The monoisotopic (exact) mass is 1300 g/mol. The van der Waals surface area contributed by atoms with E-state index in [1.807, 2.05) is 0 Å². The van der Waals surface area contributed by atoms with E-state index in [4.69, 9.17) is 37.0 Å². The van der Waals surface area contributed by atoms with E-state index in [-0.39, 0.29) is 25.7 Å². The summed E-state index contributed by atoms with van der Waals surface area (Å²) in [4.78, 5) is 72.5.